The molecule has 0 amide bonds. The van der Waals surface area contributed by atoms with Gasteiger partial charge in [-0.15, -0.1) is 11.3 Å². The van der Waals surface area contributed by atoms with E-state index in [1.807, 2.05) is 5.38 Å². The first-order valence-corrected chi connectivity index (χ1v) is 9.38. The largest absolute Gasteiger partial charge is 0.309 e. The average Bonchev–Trinajstić information content (AvgIpc) is 3.01. The van der Waals surface area contributed by atoms with Gasteiger partial charge in [0.1, 0.15) is 10.7 Å². The third-order valence-electron chi connectivity index (χ3n) is 4.68. The number of nitrogens with one attached hydrogen (secondary N) is 1. The Labute approximate surface area is 145 Å². The zero-order valence-corrected chi connectivity index (χ0v) is 14.7. The summed E-state index contributed by atoms with van der Waals surface area (Å²) in [6.45, 7) is 5.00. The normalized spacial score (nSPS) is 15.9. The highest BCUT2D eigenvalue weighted by atomic mass is 32.1. The first-order valence-electron chi connectivity index (χ1n) is 8.50. The molecule has 3 heterocycles. The van der Waals surface area contributed by atoms with E-state index in [0.717, 1.165) is 41.4 Å². The van der Waals surface area contributed by atoms with Crippen molar-refractivity contribution in [2.75, 3.05) is 13.1 Å². The van der Waals surface area contributed by atoms with Crippen LogP contribution in [0.2, 0.25) is 0 Å². The Morgan fingerprint density at radius 2 is 1.92 bits per heavy atom. The minimum Gasteiger partial charge on any atom is -0.309 e. The van der Waals surface area contributed by atoms with Gasteiger partial charge in [0.25, 0.3) is 5.56 Å². The fourth-order valence-electron chi connectivity index (χ4n) is 3.34. The van der Waals surface area contributed by atoms with Crippen molar-refractivity contribution in [3.05, 3.63) is 51.4 Å². The molecule has 0 atom stereocenters. The van der Waals surface area contributed by atoms with E-state index in [1.54, 1.807) is 11.3 Å². The number of fused-ring (bicyclic) bond motifs is 1. The molecule has 1 fully saturated rings. The minimum absolute atomic E-state index is 0.0242. The smallest absolute Gasteiger partial charge is 0.260 e. The lowest BCUT2D eigenvalue weighted by Crippen LogP contribution is -2.30. The van der Waals surface area contributed by atoms with E-state index in [9.17, 15) is 4.79 Å². The van der Waals surface area contributed by atoms with Gasteiger partial charge in [-0.3, -0.25) is 9.69 Å². The molecule has 0 aliphatic carbocycles. The van der Waals surface area contributed by atoms with Crippen molar-refractivity contribution in [2.24, 2.45) is 0 Å². The standard InChI is InChI=1S/C19H21N3OS/c1-13-5-7-14(8-6-13)15-12-24-19-17(15)18(23)20-16(21-19)11-22-9-3-2-4-10-22/h5-8,12H,2-4,9-11H2,1H3,(H,20,21,23). The Morgan fingerprint density at radius 1 is 1.17 bits per heavy atom. The van der Waals surface area contributed by atoms with Gasteiger partial charge in [-0.05, 0) is 38.4 Å². The molecule has 124 valence electrons. The lowest BCUT2D eigenvalue weighted by molar-refractivity contribution is 0.216. The summed E-state index contributed by atoms with van der Waals surface area (Å²) in [5.41, 5.74) is 3.24. The number of hydrogen-bond donors (Lipinski definition) is 1. The zero-order chi connectivity index (χ0) is 16.5. The van der Waals surface area contributed by atoms with Gasteiger partial charge < -0.3 is 4.98 Å². The summed E-state index contributed by atoms with van der Waals surface area (Å²) in [4.78, 5) is 23.6. The van der Waals surface area contributed by atoms with Crippen molar-refractivity contribution in [3.8, 4) is 11.1 Å². The molecular formula is C19H21N3OS. The van der Waals surface area contributed by atoms with Gasteiger partial charge in [-0.1, -0.05) is 36.2 Å². The lowest BCUT2D eigenvalue weighted by Gasteiger charge is -2.25. The fourth-order valence-corrected chi connectivity index (χ4v) is 4.31. The van der Waals surface area contributed by atoms with Crippen LogP contribution < -0.4 is 5.56 Å². The van der Waals surface area contributed by atoms with E-state index in [2.05, 4.69) is 41.1 Å². The van der Waals surface area contributed by atoms with E-state index in [4.69, 9.17) is 4.98 Å². The number of thiophene rings is 1. The SMILES string of the molecule is Cc1ccc(-c2csc3nc(CN4CCCCC4)[nH]c(=O)c23)cc1. The fraction of sp³-hybridized carbons (Fsp3) is 0.368. The Kier molecular flexibility index (Phi) is 4.21. The van der Waals surface area contributed by atoms with Crippen molar-refractivity contribution in [1.29, 1.82) is 0 Å². The van der Waals surface area contributed by atoms with Crippen LogP contribution in [0.3, 0.4) is 0 Å². The van der Waals surface area contributed by atoms with Crippen LogP contribution in [0.4, 0.5) is 0 Å². The monoisotopic (exact) mass is 339 g/mol. The number of H-pyrrole nitrogens is 1. The van der Waals surface area contributed by atoms with Crippen LogP contribution in [0, 0.1) is 6.92 Å². The molecule has 1 aliphatic rings. The Balaban J connectivity index is 1.70. The molecule has 1 aliphatic heterocycles. The summed E-state index contributed by atoms with van der Waals surface area (Å²) in [7, 11) is 0. The molecule has 4 rings (SSSR count). The lowest BCUT2D eigenvalue weighted by atomic mass is 10.1. The Bertz CT molecular complexity index is 905. The zero-order valence-electron chi connectivity index (χ0n) is 13.8. The number of nitrogens with zero attached hydrogens (tertiary/aromatic N) is 2. The Hall–Kier alpha value is -1.98. The third-order valence-corrected chi connectivity index (χ3v) is 5.55. The summed E-state index contributed by atoms with van der Waals surface area (Å²) in [6, 6.07) is 8.28. The molecule has 0 saturated carbocycles. The van der Waals surface area contributed by atoms with Crippen LogP contribution in [0.1, 0.15) is 30.7 Å². The quantitative estimate of drug-likeness (QED) is 0.786. The number of aryl methyl sites for hydroxylation is 1. The number of aromatic nitrogens is 2. The van der Waals surface area contributed by atoms with Gasteiger partial charge >= 0.3 is 0 Å². The van der Waals surface area contributed by atoms with Crippen molar-refractivity contribution in [3.63, 3.8) is 0 Å². The average molecular weight is 339 g/mol. The molecular weight excluding hydrogens is 318 g/mol. The highest BCUT2D eigenvalue weighted by molar-refractivity contribution is 7.17. The maximum atomic E-state index is 12.7. The van der Waals surface area contributed by atoms with Gasteiger partial charge in [0, 0.05) is 10.9 Å². The van der Waals surface area contributed by atoms with Crippen molar-refractivity contribution in [2.45, 2.75) is 32.7 Å². The van der Waals surface area contributed by atoms with Crippen LogP contribution in [0.5, 0.6) is 0 Å². The number of likely N-dealkylation sites (tertiary alicyclic amines) is 1. The molecule has 1 saturated heterocycles. The molecule has 0 radical (unpaired) electrons. The molecule has 5 heteroatoms. The van der Waals surface area contributed by atoms with Gasteiger partial charge in [-0.25, -0.2) is 4.98 Å². The van der Waals surface area contributed by atoms with E-state index >= 15 is 0 Å². The van der Waals surface area contributed by atoms with Gasteiger partial charge in [-0.2, -0.15) is 0 Å². The molecule has 3 aromatic rings. The van der Waals surface area contributed by atoms with Crippen LogP contribution in [-0.2, 0) is 6.54 Å². The van der Waals surface area contributed by atoms with Gasteiger partial charge in [0.05, 0.1) is 11.9 Å². The van der Waals surface area contributed by atoms with Crippen molar-refractivity contribution < 1.29 is 0 Å². The van der Waals surface area contributed by atoms with Crippen LogP contribution >= 0.6 is 11.3 Å². The highest BCUT2D eigenvalue weighted by Gasteiger charge is 2.15. The van der Waals surface area contributed by atoms with Gasteiger partial charge in [0.2, 0.25) is 0 Å². The second-order valence-corrected chi connectivity index (χ2v) is 7.40. The molecule has 0 spiro atoms. The van der Waals surface area contributed by atoms with E-state index in [1.165, 1.54) is 24.8 Å². The van der Waals surface area contributed by atoms with Gasteiger partial charge in [0.15, 0.2) is 0 Å². The molecule has 1 aromatic carbocycles. The molecule has 1 N–H and O–H groups in total. The summed E-state index contributed by atoms with van der Waals surface area (Å²) >= 11 is 1.55. The first-order chi connectivity index (χ1) is 11.7. The van der Waals surface area contributed by atoms with Crippen LogP contribution in [-0.4, -0.2) is 28.0 Å². The Morgan fingerprint density at radius 3 is 2.67 bits per heavy atom. The molecule has 0 bridgehead atoms. The minimum atomic E-state index is -0.0242. The molecule has 2 aromatic heterocycles. The summed E-state index contributed by atoms with van der Waals surface area (Å²) < 4.78 is 0. The molecule has 0 unspecified atom stereocenters. The van der Waals surface area contributed by atoms with Crippen molar-refractivity contribution in [1.82, 2.24) is 14.9 Å². The maximum absolute atomic E-state index is 12.7. The number of hydrogen-bond acceptors (Lipinski definition) is 4. The predicted octanol–water partition coefficient (Wildman–Crippen LogP) is 3.95. The molecule has 4 nitrogen and oxygen atoms in total. The van der Waals surface area contributed by atoms with Crippen LogP contribution in [0.25, 0.3) is 21.3 Å². The number of piperidine rings is 1. The van der Waals surface area contributed by atoms with Crippen LogP contribution in [0.15, 0.2) is 34.4 Å². The summed E-state index contributed by atoms with van der Waals surface area (Å²) in [5, 5.41) is 2.76. The second kappa shape index (κ2) is 6.49. The third kappa shape index (κ3) is 3.01. The topological polar surface area (TPSA) is 49.0 Å². The number of aromatic amines is 1. The second-order valence-electron chi connectivity index (χ2n) is 6.54. The van der Waals surface area contributed by atoms with E-state index < -0.39 is 0 Å². The summed E-state index contributed by atoms with van der Waals surface area (Å²) in [6.07, 6.45) is 3.79. The first kappa shape index (κ1) is 15.5. The highest BCUT2D eigenvalue weighted by Crippen LogP contribution is 2.30. The van der Waals surface area contributed by atoms with E-state index in [0.29, 0.717) is 5.39 Å². The van der Waals surface area contributed by atoms with Crippen molar-refractivity contribution >= 4 is 21.6 Å². The number of benzene rings is 1. The van der Waals surface area contributed by atoms with E-state index in [-0.39, 0.29) is 5.56 Å². The predicted molar refractivity (Wildman–Crippen MR) is 99.5 cm³/mol. The molecule has 24 heavy (non-hydrogen) atoms. The summed E-state index contributed by atoms with van der Waals surface area (Å²) in [5.74, 6) is 0.784. The maximum Gasteiger partial charge on any atom is 0.260 e. The number of rotatable bonds is 3.